The van der Waals surface area contributed by atoms with Crippen LogP contribution in [0.3, 0.4) is 0 Å². The third-order valence-electron chi connectivity index (χ3n) is 10.4. The smallest absolute Gasteiger partial charge is 0.00259 e. The van der Waals surface area contributed by atoms with Crippen LogP contribution in [-0.2, 0) is 0 Å². The molecular formula is C50H32. The van der Waals surface area contributed by atoms with E-state index in [1.165, 1.54) is 98.4 Å². The molecule has 10 aromatic rings. The van der Waals surface area contributed by atoms with E-state index in [0.717, 1.165) is 0 Å². The molecule has 0 aliphatic rings. The van der Waals surface area contributed by atoms with Crippen LogP contribution >= 0.6 is 0 Å². The molecule has 10 rings (SSSR count). The van der Waals surface area contributed by atoms with E-state index in [-0.39, 0.29) is 0 Å². The maximum absolute atomic E-state index is 2.45. The van der Waals surface area contributed by atoms with Gasteiger partial charge in [-0.1, -0.05) is 176 Å². The second kappa shape index (κ2) is 11.6. The van der Waals surface area contributed by atoms with Crippen molar-refractivity contribution in [3.63, 3.8) is 0 Å². The van der Waals surface area contributed by atoms with E-state index in [2.05, 4.69) is 194 Å². The molecule has 0 N–H and O–H groups in total. The fourth-order valence-corrected chi connectivity index (χ4v) is 8.09. The van der Waals surface area contributed by atoms with E-state index in [9.17, 15) is 0 Å². The Hall–Kier alpha value is -6.50. The van der Waals surface area contributed by atoms with E-state index in [1.807, 2.05) is 0 Å². The van der Waals surface area contributed by atoms with Gasteiger partial charge in [0, 0.05) is 0 Å². The highest BCUT2D eigenvalue weighted by Crippen LogP contribution is 2.46. The van der Waals surface area contributed by atoms with E-state index in [0.29, 0.717) is 0 Å². The Labute approximate surface area is 291 Å². The molecule has 50 heavy (non-hydrogen) atoms. The Kier molecular flexibility index (Phi) is 6.60. The quantitative estimate of drug-likeness (QED) is 0.169. The first kappa shape index (κ1) is 28.5. The third-order valence-corrected chi connectivity index (χ3v) is 10.4. The van der Waals surface area contributed by atoms with Gasteiger partial charge < -0.3 is 0 Å². The molecule has 0 radical (unpaired) electrons. The van der Waals surface area contributed by atoms with Gasteiger partial charge >= 0.3 is 0 Å². The Bertz CT molecular complexity index is 2910. The van der Waals surface area contributed by atoms with Crippen molar-refractivity contribution < 1.29 is 0 Å². The van der Waals surface area contributed by atoms with Crippen LogP contribution in [0.5, 0.6) is 0 Å². The van der Waals surface area contributed by atoms with Gasteiger partial charge in [0.05, 0.1) is 0 Å². The summed E-state index contributed by atoms with van der Waals surface area (Å²) in [5.41, 5.74) is 9.98. The van der Waals surface area contributed by atoms with Crippen molar-refractivity contribution in [1.82, 2.24) is 0 Å². The summed E-state index contributed by atoms with van der Waals surface area (Å²) in [6, 6.07) is 71.4. The van der Waals surface area contributed by atoms with Crippen LogP contribution in [0.25, 0.3) is 98.4 Å². The molecule has 0 aliphatic carbocycles. The van der Waals surface area contributed by atoms with Gasteiger partial charge in [0.2, 0.25) is 0 Å². The average molecular weight is 633 g/mol. The maximum Gasteiger partial charge on any atom is -0.00259 e. The summed E-state index contributed by atoms with van der Waals surface area (Å²) < 4.78 is 0. The minimum atomic E-state index is 1.22. The molecule has 0 aliphatic heterocycles. The van der Waals surface area contributed by atoms with E-state index >= 15 is 0 Å². The van der Waals surface area contributed by atoms with Crippen molar-refractivity contribution in [2.24, 2.45) is 0 Å². The highest BCUT2D eigenvalue weighted by Gasteiger charge is 2.19. The minimum absolute atomic E-state index is 1.22. The lowest BCUT2D eigenvalue weighted by atomic mass is 9.83. The maximum atomic E-state index is 2.45. The summed E-state index contributed by atoms with van der Waals surface area (Å²) in [7, 11) is 0. The molecule has 0 spiro atoms. The van der Waals surface area contributed by atoms with Gasteiger partial charge in [-0.2, -0.15) is 0 Å². The topological polar surface area (TPSA) is 0 Å². The second-order valence-corrected chi connectivity index (χ2v) is 13.3. The van der Waals surface area contributed by atoms with Crippen molar-refractivity contribution in [2.75, 3.05) is 0 Å². The first-order valence-corrected chi connectivity index (χ1v) is 17.3. The molecule has 0 saturated carbocycles. The fraction of sp³-hybridized carbons (Fsp3) is 0. The summed E-state index contributed by atoms with van der Waals surface area (Å²) in [5.74, 6) is 0. The van der Waals surface area contributed by atoms with Gasteiger partial charge in [-0.05, 0) is 117 Å². The predicted octanol–water partition coefficient (Wildman–Crippen LogP) is 14.1. The zero-order valence-electron chi connectivity index (χ0n) is 27.5. The SMILES string of the molecule is c1ccc(-c2cccc3c(-c4ccc5c(-c6ccc7ccccc7c6)c6ccccc6c(-c6ccc7ccccc7c6)c5c4)cccc23)cc1. The summed E-state index contributed by atoms with van der Waals surface area (Å²) in [6.45, 7) is 0. The zero-order valence-corrected chi connectivity index (χ0v) is 27.5. The fourth-order valence-electron chi connectivity index (χ4n) is 8.09. The zero-order chi connectivity index (χ0) is 33.0. The number of fused-ring (bicyclic) bond motifs is 5. The Balaban J connectivity index is 1.30. The van der Waals surface area contributed by atoms with E-state index in [4.69, 9.17) is 0 Å². The first-order valence-electron chi connectivity index (χ1n) is 17.3. The third kappa shape index (κ3) is 4.61. The molecule has 0 saturated heterocycles. The molecule has 0 fully saturated rings. The minimum Gasteiger partial charge on any atom is -0.0622 e. The standard InChI is InChI=1S/C50H32/c1-2-14-35(15-3-1)41-20-10-23-44-42(21-11-22-43(41)44)38-28-29-47-48(32-38)50(40-27-25-34-13-5-7-17-37(34)31-40)46-19-9-8-18-45(46)49(47)39-26-24-33-12-4-6-16-36(33)30-39/h1-32H. The number of benzene rings is 10. The van der Waals surface area contributed by atoms with Crippen molar-refractivity contribution >= 4 is 53.9 Å². The lowest BCUT2D eigenvalue weighted by Gasteiger charge is -2.20. The van der Waals surface area contributed by atoms with Crippen molar-refractivity contribution in [2.45, 2.75) is 0 Å². The molecule has 0 bridgehead atoms. The predicted molar refractivity (Wildman–Crippen MR) is 216 cm³/mol. The van der Waals surface area contributed by atoms with E-state index in [1.54, 1.807) is 0 Å². The van der Waals surface area contributed by atoms with Crippen molar-refractivity contribution in [1.29, 1.82) is 0 Å². The van der Waals surface area contributed by atoms with Crippen LogP contribution in [0.1, 0.15) is 0 Å². The monoisotopic (exact) mass is 632 g/mol. The Morgan fingerprint density at radius 2 is 0.640 bits per heavy atom. The lowest BCUT2D eigenvalue weighted by molar-refractivity contribution is 1.64. The lowest BCUT2D eigenvalue weighted by Crippen LogP contribution is -1.92. The Morgan fingerprint density at radius 3 is 1.24 bits per heavy atom. The summed E-state index contributed by atoms with van der Waals surface area (Å²) in [5, 5.41) is 12.6. The molecule has 0 heterocycles. The second-order valence-electron chi connectivity index (χ2n) is 13.3. The van der Waals surface area contributed by atoms with Crippen LogP contribution in [0.2, 0.25) is 0 Å². The highest BCUT2D eigenvalue weighted by molar-refractivity contribution is 6.23. The van der Waals surface area contributed by atoms with Gasteiger partial charge in [0.15, 0.2) is 0 Å². The normalized spacial score (nSPS) is 11.6. The molecule has 0 atom stereocenters. The summed E-state index contributed by atoms with van der Waals surface area (Å²) in [4.78, 5) is 0. The van der Waals surface area contributed by atoms with Gasteiger partial charge in [-0.15, -0.1) is 0 Å². The van der Waals surface area contributed by atoms with Gasteiger partial charge in [0.25, 0.3) is 0 Å². The van der Waals surface area contributed by atoms with Gasteiger partial charge in [-0.25, -0.2) is 0 Å². The molecule has 10 aromatic carbocycles. The molecule has 0 amide bonds. The van der Waals surface area contributed by atoms with Gasteiger partial charge in [0.1, 0.15) is 0 Å². The summed E-state index contributed by atoms with van der Waals surface area (Å²) in [6.07, 6.45) is 0. The molecule has 232 valence electrons. The molecule has 0 heteroatoms. The number of rotatable bonds is 4. The first-order chi connectivity index (χ1) is 24.8. The van der Waals surface area contributed by atoms with Crippen LogP contribution in [-0.4, -0.2) is 0 Å². The molecule has 0 aromatic heterocycles. The Morgan fingerprint density at radius 1 is 0.200 bits per heavy atom. The van der Waals surface area contributed by atoms with Crippen LogP contribution in [0.15, 0.2) is 194 Å². The largest absolute Gasteiger partial charge is 0.0622 e. The van der Waals surface area contributed by atoms with Crippen LogP contribution in [0, 0.1) is 0 Å². The molecule has 0 unspecified atom stereocenters. The molecular weight excluding hydrogens is 601 g/mol. The van der Waals surface area contributed by atoms with Crippen molar-refractivity contribution in [3.05, 3.63) is 194 Å². The van der Waals surface area contributed by atoms with Crippen LogP contribution < -0.4 is 0 Å². The highest BCUT2D eigenvalue weighted by atomic mass is 14.2. The molecule has 0 nitrogen and oxygen atoms in total. The average Bonchev–Trinajstić information content (AvgIpc) is 3.19. The van der Waals surface area contributed by atoms with Crippen LogP contribution in [0.4, 0.5) is 0 Å². The number of hydrogen-bond donors (Lipinski definition) is 0. The summed E-state index contributed by atoms with van der Waals surface area (Å²) >= 11 is 0. The van der Waals surface area contributed by atoms with Crippen molar-refractivity contribution in [3.8, 4) is 44.5 Å². The van der Waals surface area contributed by atoms with Gasteiger partial charge in [-0.3, -0.25) is 0 Å². The van der Waals surface area contributed by atoms with E-state index < -0.39 is 0 Å². The number of hydrogen-bond acceptors (Lipinski definition) is 0.